The highest BCUT2D eigenvalue weighted by Gasteiger charge is 2.54. The van der Waals surface area contributed by atoms with E-state index in [-0.39, 0.29) is 25.0 Å². The Balaban J connectivity index is 2.08. The van der Waals surface area contributed by atoms with Gasteiger partial charge in [-0.05, 0) is 12.8 Å². The van der Waals surface area contributed by atoms with E-state index in [4.69, 9.17) is 10.2 Å². The number of aliphatic hydroxyl groups is 1. The van der Waals surface area contributed by atoms with Crippen molar-refractivity contribution in [2.45, 2.75) is 37.6 Å². The van der Waals surface area contributed by atoms with Crippen molar-refractivity contribution < 1.29 is 28.5 Å². The Bertz CT molecular complexity index is 289. The van der Waals surface area contributed by atoms with E-state index < -0.39 is 24.9 Å². The van der Waals surface area contributed by atoms with E-state index in [9.17, 15) is 13.6 Å². The van der Waals surface area contributed by atoms with Crippen LogP contribution in [0.1, 0.15) is 12.8 Å². The molecular formula is C9H13F2NO4. The van der Waals surface area contributed by atoms with Crippen molar-refractivity contribution in [3.8, 4) is 0 Å². The number of amides is 1. The molecule has 1 aliphatic carbocycles. The quantitative estimate of drug-likeness (QED) is 0.759. The Morgan fingerprint density at radius 3 is 2.69 bits per heavy atom. The second-order valence-corrected chi connectivity index (χ2v) is 4.16. The van der Waals surface area contributed by atoms with Crippen LogP contribution >= 0.6 is 0 Å². The summed E-state index contributed by atoms with van der Waals surface area (Å²) in [5.74, 6) is -0.319. The van der Waals surface area contributed by atoms with Gasteiger partial charge < -0.3 is 14.9 Å². The fraction of sp³-hybridized carbons (Fsp3) is 0.889. The van der Waals surface area contributed by atoms with E-state index >= 15 is 0 Å². The van der Waals surface area contributed by atoms with Gasteiger partial charge in [0.1, 0.15) is 0 Å². The molecule has 0 radical (unpaired) electrons. The number of hydrogen-bond acceptors (Lipinski definition) is 3. The lowest BCUT2D eigenvalue weighted by molar-refractivity contribution is -0.181. The predicted octanol–water partition coefficient (Wildman–Crippen LogP) is 0.727. The van der Waals surface area contributed by atoms with Gasteiger partial charge in [0, 0.05) is 12.0 Å². The summed E-state index contributed by atoms with van der Waals surface area (Å²) in [6.07, 6.45) is -0.966. The summed E-state index contributed by atoms with van der Waals surface area (Å²) in [6.45, 7) is -3.20. The van der Waals surface area contributed by atoms with Gasteiger partial charge in [0.05, 0.1) is 18.8 Å². The lowest BCUT2D eigenvalue weighted by Gasteiger charge is -2.35. The highest BCUT2D eigenvalue weighted by Crippen LogP contribution is 2.44. The smallest absolute Gasteiger partial charge is 0.407 e. The molecule has 7 heteroatoms. The Morgan fingerprint density at radius 1 is 1.50 bits per heavy atom. The molecule has 0 aromatic rings. The number of nitrogens with zero attached hydrogens (tertiary/aromatic N) is 1. The maximum atomic E-state index is 12.1. The Labute approximate surface area is 90.6 Å². The molecule has 0 spiro atoms. The summed E-state index contributed by atoms with van der Waals surface area (Å²) in [5.41, 5.74) is 0. The van der Waals surface area contributed by atoms with Crippen LogP contribution in [0.2, 0.25) is 0 Å². The molecule has 0 aromatic carbocycles. The fourth-order valence-corrected chi connectivity index (χ4v) is 2.92. The van der Waals surface area contributed by atoms with Crippen molar-refractivity contribution in [2.24, 2.45) is 5.92 Å². The molecule has 0 aromatic heterocycles. The summed E-state index contributed by atoms with van der Waals surface area (Å²) < 4.78 is 28.6. The number of carboxylic acid groups (broad SMARTS) is 1. The minimum Gasteiger partial charge on any atom is -0.465 e. The minimum atomic E-state index is -2.85. The monoisotopic (exact) mass is 237 g/mol. The first-order valence-electron chi connectivity index (χ1n) is 5.10. The topological polar surface area (TPSA) is 70.0 Å². The average Bonchev–Trinajstić information content (AvgIpc) is 2.72. The number of likely N-dealkylation sites (tertiary alicyclic amines) is 1. The van der Waals surface area contributed by atoms with Gasteiger partial charge in [0.15, 0.2) is 0 Å². The number of carbonyl (C=O) groups is 1. The molecule has 1 saturated carbocycles. The summed E-state index contributed by atoms with van der Waals surface area (Å²) in [7, 11) is 0. The van der Waals surface area contributed by atoms with Crippen LogP contribution in [0.15, 0.2) is 0 Å². The summed E-state index contributed by atoms with van der Waals surface area (Å²) in [4.78, 5) is 12.1. The molecule has 2 rings (SSSR count). The Hall–Kier alpha value is -0.950. The van der Waals surface area contributed by atoms with Gasteiger partial charge in [-0.15, -0.1) is 0 Å². The third-order valence-corrected chi connectivity index (χ3v) is 3.46. The molecule has 1 amide bonds. The van der Waals surface area contributed by atoms with Crippen LogP contribution in [-0.4, -0.2) is 52.6 Å². The fourth-order valence-electron chi connectivity index (χ4n) is 2.92. The van der Waals surface area contributed by atoms with E-state index in [0.717, 1.165) is 4.90 Å². The van der Waals surface area contributed by atoms with E-state index in [0.29, 0.717) is 6.42 Å². The molecule has 4 atom stereocenters. The van der Waals surface area contributed by atoms with E-state index in [1.165, 1.54) is 0 Å². The maximum Gasteiger partial charge on any atom is 0.407 e. The highest BCUT2D eigenvalue weighted by atomic mass is 19.3. The van der Waals surface area contributed by atoms with Crippen LogP contribution in [0.3, 0.4) is 0 Å². The second kappa shape index (κ2) is 4.14. The van der Waals surface area contributed by atoms with E-state index in [2.05, 4.69) is 4.74 Å². The average molecular weight is 237 g/mol. The standard InChI is InChI=1S/C9H13F2NO4/c10-8(11)16-7-2-4-1-5(7)6(3-13)12(4)9(14)15/h4-8,13H,1-3H2,(H,14,15)/t4?,5?,6?,7-/m0/s1. The molecule has 92 valence electrons. The van der Waals surface area contributed by atoms with E-state index in [1.54, 1.807) is 0 Å². The van der Waals surface area contributed by atoms with E-state index in [1.807, 2.05) is 0 Å². The van der Waals surface area contributed by atoms with Crippen LogP contribution < -0.4 is 0 Å². The number of halogens is 2. The third kappa shape index (κ3) is 1.73. The summed E-state index contributed by atoms with van der Waals surface area (Å²) in [5, 5.41) is 18.0. The number of piperidine rings is 1. The van der Waals surface area contributed by atoms with Gasteiger partial charge in [-0.2, -0.15) is 8.78 Å². The first-order valence-corrected chi connectivity index (χ1v) is 5.10. The van der Waals surface area contributed by atoms with Crippen molar-refractivity contribution >= 4 is 6.09 Å². The number of hydrogen-bond donors (Lipinski definition) is 2. The zero-order valence-corrected chi connectivity index (χ0v) is 8.42. The molecular weight excluding hydrogens is 224 g/mol. The lowest BCUT2D eigenvalue weighted by Crippen LogP contribution is -2.50. The molecule has 2 fully saturated rings. The number of ether oxygens (including phenoxy) is 1. The first-order chi connectivity index (χ1) is 7.54. The van der Waals surface area contributed by atoms with Crippen LogP contribution in [0.25, 0.3) is 0 Å². The van der Waals surface area contributed by atoms with Gasteiger partial charge in [-0.1, -0.05) is 0 Å². The zero-order valence-electron chi connectivity index (χ0n) is 8.42. The first kappa shape index (κ1) is 11.5. The molecule has 2 aliphatic rings. The van der Waals surface area contributed by atoms with Crippen molar-refractivity contribution in [1.29, 1.82) is 0 Å². The zero-order chi connectivity index (χ0) is 11.9. The maximum absolute atomic E-state index is 12.1. The Morgan fingerprint density at radius 2 is 2.19 bits per heavy atom. The molecule has 2 N–H and O–H groups in total. The van der Waals surface area contributed by atoms with Gasteiger partial charge in [-0.3, -0.25) is 4.90 Å². The van der Waals surface area contributed by atoms with Crippen LogP contribution in [0, 0.1) is 5.92 Å². The summed E-state index contributed by atoms with van der Waals surface area (Å²) in [6, 6.07) is -0.914. The third-order valence-electron chi connectivity index (χ3n) is 3.46. The van der Waals surface area contributed by atoms with Gasteiger partial charge in [0.25, 0.3) is 0 Å². The molecule has 5 nitrogen and oxygen atoms in total. The van der Waals surface area contributed by atoms with Gasteiger partial charge in [0.2, 0.25) is 0 Å². The number of alkyl halides is 2. The van der Waals surface area contributed by atoms with Crippen molar-refractivity contribution in [3.63, 3.8) is 0 Å². The predicted molar refractivity (Wildman–Crippen MR) is 48.1 cm³/mol. The lowest BCUT2D eigenvalue weighted by atomic mass is 9.97. The molecule has 1 saturated heterocycles. The number of fused-ring (bicyclic) bond motifs is 2. The van der Waals surface area contributed by atoms with Crippen LogP contribution in [0.4, 0.5) is 13.6 Å². The van der Waals surface area contributed by atoms with Crippen molar-refractivity contribution in [3.05, 3.63) is 0 Å². The second-order valence-electron chi connectivity index (χ2n) is 4.16. The van der Waals surface area contributed by atoms with Gasteiger partial charge in [-0.25, -0.2) is 4.79 Å². The molecule has 3 unspecified atom stereocenters. The normalized spacial score (nSPS) is 37.4. The molecule has 1 aliphatic heterocycles. The Kier molecular flexibility index (Phi) is 2.98. The van der Waals surface area contributed by atoms with Crippen LogP contribution in [0.5, 0.6) is 0 Å². The molecule has 2 bridgehead atoms. The SMILES string of the molecule is O=C(O)N1C2CC(C1CO)[C@@H](OC(F)F)C2. The summed E-state index contributed by atoms with van der Waals surface area (Å²) >= 11 is 0. The highest BCUT2D eigenvalue weighted by molar-refractivity contribution is 5.67. The molecule has 16 heavy (non-hydrogen) atoms. The largest absolute Gasteiger partial charge is 0.465 e. The van der Waals surface area contributed by atoms with Crippen LogP contribution in [-0.2, 0) is 4.74 Å². The molecule has 1 heterocycles. The number of aliphatic hydroxyl groups excluding tert-OH is 1. The number of rotatable bonds is 3. The van der Waals surface area contributed by atoms with Crippen molar-refractivity contribution in [1.82, 2.24) is 4.90 Å². The minimum absolute atomic E-state index is 0.289. The van der Waals surface area contributed by atoms with Gasteiger partial charge >= 0.3 is 12.7 Å². The van der Waals surface area contributed by atoms with Crippen molar-refractivity contribution in [2.75, 3.05) is 6.61 Å².